The molecule has 72 valence electrons. The summed E-state index contributed by atoms with van der Waals surface area (Å²) in [6.07, 6.45) is 2.19. The maximum Gasteiger partial charge on any atom is 0.126 e. The van der Waals surface area contributed by atoms with Crippen LogP contribution in [0.4, 0.5) is 4.39 Å². The minimum absolute atomic E-state index is 0.0131. The van der Waals surface area contributed by atoms with Crippen molar-refractivity contribution >= 4 is 0 Å². The molecule has 2 N–H and O–H groups in total. The quantitative estimate of drug-likeness (QED) is 0.773. The predicted molar refractivity (Wildman–Crippen MR) is 50.7 cm³/mol. The van der Waals surface area contributed by atoms with E-state index in [-0.39, 0.29) is 11.2 Å². The molecule has 13 heavy (non-hydrogen) atoms. The molecule has 0 aliphatic carbocycles. The molecule has 0 aliphatic rings. The summed E-state index contributed by atoms with van der Waals surface area (Å²) >= 11 is 0. The Morgan fingerprint density at radius 2 is 2.23 bits per heavy atom. The summed E-state index contributed by atoms with van der Waals surface area (Å²) in [5, 5.41) is 0. The van der Waals surface area contributed by atoms with Crippen LogP contribution in [0.2, 0.25) is 0 Å². The van der Waals surface area contributed by atoms with Crippen LogP contribution in [-0.4, -0.2) is 11.5 Å². The van der Waals surface area contributed by atoms with Crippen molar-refractivity contribution in [1.29, 1.82) is 0 Å². The number of pyridine rings is 1. The summed E-state index contributed by atoms with van der Waals surface area (Å²) in [6, 6.07) is 2.80. The van der Waals surface area contributed by atoms with Gasteiger partial charge in [-0.05, 0) is 30.5 Å². The molecule has 0 spiro atoms. The van der Waals surface area contributed by atoms with Crippen LogP contribution in [-0.2, 0) is 6.42 Å². The van der Waals surface area contributed by atoms with Crippen molar-refractivity contribution < 1.29 is 4.39 Å². The summed E-state index contributed by atoms with van der Waals surface area (Å²) in [6.45, 7) is 4.66. The van der Waals surface area contributed by atoms with E-state index >= 15 is 0 Å². The third kappa shape index (κ3) is 3.11. The molecule has 3 heteroatoms. The van der Waals surface area contributed by atoms with Crippen LogP contribution in [0.25, 0.3) is 0 Å². The Labute approximate surface area is 78.0 Å². The molecule has 0 amide bonds. The van der Waals surface area contributed by atoms with Crippen LogP contribution in [0, 0.1) is 11.2 Å². The van der Waals surface area contributed by atoms with Gasteiger partial charge in [0.15, 0.2) is 0 Å². The topological polar surface area (TPSA) is 38.9 Å². The first-order valence-corrected chi connectivity index (χ1v) is 4.34. The monoisotopic (exact) mass is 182 g/mol. The highest BCUT2D eigenvalue weighted by molar-refractivity contribution is 5.07. The van der Waals surface area contributed by atoms with E-state index in [0.717, 1.165) is 5.69 Å². The molecule has 1 aromatic heterocycles. The molecule has 1 rings (SSSR count). The second-order valence-corrected chi connectivity index (χ2v) is 4.01. The highest BCUT2D eigenvalue weighted by Gasteiger charge is 2.16. The van der Waals surface area contributed by atoms with Gasteiger partial charge in [0.25, 0.3) is 0 Å². The van der Waals surface area contributed by atoms with Gasteiger partial charge in [-0.25, -0.2) is 4.39 Å². The van der Waals surface area contributed by atoms with Crippen LogP contribution >= 0.6 is 0 Å². The first kappa shape index (κ1) is 10.1. The lowest BCUT2D eigenvalue weighted by molar-refractivity contribution is 0.372. The van der Waals surface area contributed by atoms with E-state index in [1.54, 1.807) is 0 Å². The maximum atomic E-state index is 12.8. The zero-order valence-corrected chi connectivity index (χ0v) is 8.05. The number of nitrogens with zero attached hydrogens (tertiary/aromatic N) is 1. The average molecular weight is 182 g/mol. The molecule has 2 nitrogen and oxygen atoms in total. The molecule has 1 heterocycles. The van der Waals surface area contributed by atoms with E-state index in [1.165, 1.54) is 18.3 Å². The van der Waals surface area contributed by atoms with Gasteiger partial charge in [-0.15, -0.1) is 0 Å². The van der Waals surface area contributed by atoms with Gasteiger partial charge in [-0.1, -0.05) is 13.8 Å². The summed E-state index contributed by atoms with van der Waals surface area (Å²) in [4.78, 5) is 4.08. The molecule has 0 atom stereocenters. The van der Waals surface area contributed by atoms with Gasteiger partial charge in [-0.2, -0.15) is 0 Å². The third-order valence-electron chi connectivity index (χ3n) is 1.99. The highest BCUT2D eigenvalue weighted by Crippen LogP contribution is 2.18. The summed E-state index contributed by atoms with van der Waals surface area (Å²) in [5.74, 6) is -0.238. The fourth-order valence-electron chi connectivity index (χ4n) is 1.11. The number of hydrogen-bond donors (Lipinski definition) is 1. The molecule has 0 aliphatic heterocycles. The molecule has 0 unspecified atom stereocenters. The van der Waals surface area contributed by atoms with Crippen molar-refractivity contribution in [1.82, 2.24) is 4.98 Å². The van der Waals surface area contributed by atoms with E-state index in [2.05, 4.69) is 4.98 Å². The largest absolute Gasteiger partial charge is 0.330 e. The van der Waals surface area contributed by atoms with Gasteiger partial charge < -0.3 is 5.73 Å². The van der Waals surface area contributed by atoms with Crippen molar-refractivity contribution in [3.05, 3.63) is 29.8 Å². The van der Waals surface area contributed by atoms with Crippen molar-refractivity contribution in [2.45, 2.75) is 20.3 Å². The molecule has 0 saturated heterocycles. The average Bonchev–Trinajstić information content (AvgIpc) is 2.03. The number of hydrogen-bond acceptors (Lipinski definition) is 2. The molecule has 1 aromatic rings. The summed E-state index contributed by atoms with van der Waals surface area (Å²) in [5.41, 5.74) is 6.32. The molecular formula is C10H15FN2. The Balaban J connectivity index is 2.74. The van der Waals surface area contributed by atoms with Crippen molar-refractivity contribution in [2.75, 3.05) is 6.54 Å². The number of rotatable bonds is 3. The standard InChI is InChI=1S/C10H15FN2/c1-10(2,7-12)6-9-5-8(11)3-4-13-9/h3-5H,6-7,12H2,1-2H3. The SMILES string of the molecule is CC(C)(CN)Cc1cc(F)ccn1. The highest BCUT2D eigenvalue weighted by atomic mass is 19.1. The lowest BCUT2D eigenvalue weighted by atomic mass is 9.88. The first-order chi connectivity index (χ1) is 6.03. The molecule has 0 fully saturated rings. The van der Waals surface area contributed by atoms with Gasteiger partial charge in [0, 0.05) is 11.9 Å². The Morgan fingerprint density at radius 3 is 2.77 bits per heavy atom. The normalized spacial score (nSPS) is 11.7. The zero-order valence-electron chi connectivity index (χ0n) is 8.05. The second kappa shape index (κ2) is 3.83. The lowest BCUT2D eigenvalue weighted by Crippen LogP contribution is -2.26. The van der Waals surface area contributed by atoms with Crippen LogP contribution in [0.1, 0.15) is 19.5 Å². The molecule has 0 radical (unpaired) electrons. The Bertz CT molecular complexity index is 284. The van der Waals surface area contributed by atoms with E-state index in [1.807, 2.05) is 13.8 Å². The van der Waals surface area contributed by atoms with Crippen molar-refractivity contribution in [2.24, 2.45) is 11.1 Å². The fourth-order valence-corrected chi connectivity index (χ4v) is 1.11. The van der Waals surface area contributed by atoms with E-state index in [9.17, 15) is 4.39 Å². The minimum atomic E-state index is -0.238. The van der Waals surface area contributed by atoms with Crippen molar-refractivity contribution in [3.63, 3.8) is 0 Å². The minimum Gasteiger partial charge on any atom is -0.330 e. The third-order valence-corrected chi connectivity index (χ3v) is 1.99. The molecular weight excluding hydrogens is 167 g/mol. The van der Waals surface area contributed by atoms with Gasteiger partial charge >= 0.3 is 0 Å². The Kier molecular flexibility index (Phi) is 2.98. The number of nitrogens with two attached hydrogens (primary N) is 1. The van der Waals surface area contributed by atoms with Crippen LogP contribution < -0.4 is 5.73 Å². The van der Waals surface area contributed by atoms with Crippen LogP contribution in [0.3, 0.4) is 0 Å². The predicted octanol–water partition coefficient (Wildman–Crippen LogP) is 1.75. The Morgan fingerprint density at radius 1 is 1.54 bits per heavy atom. The Hall–Kier alpha value is -0.960. The second-order valence-electron chi connectivity index (χ2n) is 4.01. The lowest BCUT2D eigenvalue weighted by Gasteiger charge is -2.21. The van der Waals surface area contributed by atoms with Crippen molar-refractivity contribution in [3.8, 4) is 0 Å². The van der Waals surface area contributed by atoms with Gasteiger partial charge in [0.2, 0.25) is 0 Å². The first-order valence-electron chi connectivity index (χ1n) is 4.34. The molecule has 0 aromatic carbocycles. The zero-order chi connectivity index (χ0) is 9.90. The van der Waals surface area contributed by atoms with Gasteiger partial charge in [0.1, 0.15) is 5.82 Å². The molecule has 0 bridgehead atoms. The maximum absolute atomic E-state index is 12.8. The summed E-state index contributed by atoms with van der Waals surface area (Å²) in [7, 11) is 0. The fraction of sp³-hybridized carbons (Fsp3) is 0.500. The van der Waals surface area contributed by atoms with E-state index < -0.39 is 0 Å². The summed E-state index contributed by atoms with van der Waals surface area (Å²) < 4.78 is 12.8. The van der Waals surface area contributed by atoms with E-state index in [4.69, 9.17) is 5.73 Å². The molecule has 0 saturated carbocycles. The van der Waals surface area contributed by atoms with E-state index in [0.29, 0.717) is 13.0 Å². The van der Waals surface area contributed by atoms with Crippen LogP contribution in [0.15, 0.2) is 18.3 Å². The van der Waals surface area contributed by atoms with Gasteiger partial charge in [-0.3, -0.25) is 4.98 Å². The van der Waals surface area contributed by atoms with Crippen LogP contribution in [0.5, 0.6) is 0 Å². The number of halogens is 1. The number of aromatic nitrogens is 1. The van der Waals surface area contributed by atoms with Gasteiger partial charge in [0.05, 0.1) is 0 Å². The smallest absolute Gasteiger partial charge is 0.126 e.